The lowest BCUT2D eigenvalue weighted by atomic mass is 9.89. The molecule has 26 heavy (non-hydrogen) atoms. The predicted molar refractivity (Wildman–Crippen MR) is 95.2 cm³/mol. The number of hydrogen-bond acceptors (Lipinski definition) is 5. The minimum Gasteiger partial charge on any atom is -0.465 e. The van der Waals surface area contributed by atoms with Gasteiger partial charge >= 0.3 is 5.97 Å². The monoisotopic (exact) mass is 355 g/mol. The van der Waals surface area contributed by atoms with Crippen molar-refractivity contribution < 1.29 is 24.0 Å². The maximum absolute atomic E-state index is 12.6. The van der Waals surface area contributed by atoms with Crippen LogP contribution in [0.5, 0.6) is 0 Å². The van der Waals surface area contributed by atoms with Crippen LogP contribution in [-0.2, 0) is 25.8 Å². The standard InChI is InChI=1S/C20H21NO5/c1-3-17(22)18(15-11-7-8-12-16(15)20(24)25-2)19(23)21-26-13-14-9-5-4-6-10-14/h4-12,18H,3,13H2,1-2H3,(H,21,23). The zero-order valence-electron chi connectivity index (χ0n) is 14.7. The Labute approximate surface area is 152 Å². The first-order valence-corrected chi connectivity index (χ1v) is 8.24. The Hall–Kier alpha value is -2.99. The number of rotatable bonds is 8. The molecule has 1 amide bonds. The van der Waals surface area contributed by atoms with Crippen LogP contribution in [0.3, 0.4) is 0 Å². The Balaban J connectivity index is 2.18. The fourth-order valence-corrected chi connectivity index (χ4v) is 2.53. The van der Waals surface area contributed by atoms with Crippen LogP contribution in [0.2, 0.25) is 0 Å². The number of hydroxylamine groups is 1. The van der Waals surface area contributed by atoms with Crippen LogP contribution in [-0.4, -0.2) is 24.8 Å². The molecule has 0 spiro atoms. The van der Waals surface area contributed by atoms with Crippen molar-refractivity contribution in [3.8, 4) is 0 Å². The van der Waals surface area contributed by atoms with E-state index < -0.39 is 17.8 Å². The van der Waals surface area contributed by atoms with Gasteiger partial charge in [-0.25, -0.2) is 10.3 Å². The molecule has 0 saturated heterocycles. The number of ketones is 1. The summed E-state index contributed by atoms with van der Waals surface area (Å²) in [6, 6.07) is 15.7. The molecule has 0 saturated carbocycles. The topological polar surface area (TPSA) is 81.7 Å². The third-order valence-corrected chi connectivity index (χ3v) is 3.86. The fraction of sp³-hybridized carbons (Fsp3) is 0.250. The summed E-state index contributed by atoms with van der Waals surface area (Å²) in [5.74, 6) is -2.69. The number of ether oxygens (including phenoxy) is 1. The Morgan fingerprint density at radius 1 is 1.00 bits per heavy atom. The van der Waals surface area contributed by atoms with E-state index in [-0.39, 0.29) is 24.4 Å². The summed E-state index contributed by atoms with van der Waals surface area (Å²) in [6.07, 6.45) is 0.145. The highest BCUT2D eigenvalue weighted by molar-refractivity contribution is 6.08. The smallest absolute Gasteiger partial charge is 0.338 e. The quantitative estimate of drug-likeness (QED) is 0.447. The average Bonchev–Trinajstić information content (AvgIpc) is 2.68. The van der Waals surface area contributed by atoms with Crippen molar-refractivity contribution in [1.82, 2.24) is 5.48 Å². The van der Waals surface area contributed by atoms with Gasteiger partial charge in [-0.3, -0.25) is 14.4 Å². The summed E-state index contributed by atoms with van der Waals surface area (Å²) in [7, 11) is 1.25. The van der Waals surface area contributed by atoms with E-state index in [4.69, 9.17) is 9.57 Å². The number of nitrogens with one attached hydrogen (secondary N) is 1. The third kappa shape index (κ3) is 4.77. The number of benzene rings is 2. The first kappa shape index (κ1) is 19.3. The van der Waals surface area contributed by atoms with E-state index in [1.165, 1.54) is 13.2 Å². The lowest BCUT2D eigenvalue weighted by molar-refractivity contribution is -0.140. The van der Waals surface area contributed by atoms with Crippen molar-refractivity contribution in [2.24, 2.45) is 0 Å². The highest BCUT2D eigenvalue weighted by Gasteiger charge is 2.31. The van der Waals surface area contributed by atoms with E-state index in [0.29, 0.717) is 5.56 Å². The second-order valence-electron chi connectivity index (χ2n) is 5.57. The largest absolute Gasteiger partial charge is 0.465 e. The lowest BCUT2D eigenvalue weighted by Crippen LogP contribution is -2.34. The summed E-state index contributed by atoms with van der Waals surface area (Å²) in [5.41, 5.74) is 3.67. The van der Waals surface area contributed by atoms with Crippen LogP contribution in [0.1, 0.15) is 40.7 Å². The number of esters is 1. The van der Waals surface area contributed by atoms with Crippen molar-refractivity contribution in [1.29, 1.82) is 0 Å². The summed E-state index contributed by atoms with van der Waals surface area (Å²) in [5, 5.41) is 0. The molecule has 0 aliphatic heterocycles. The van der Waals surface area contributed by atoms with Crippen molar-refractivity contribution in [2.45, 2.75) is 25.9 Å². The molecule has 0 radical (unpaired) electrons. The number of carbonyl (C=O) groups excluding carboxylic acids is 3. The van der Waals surface area contributed by atoms with E-state index in [0.717, 1.165) is 5.56 Å². The molecule has 0 heterocycles. The molecule has 1 unspecified atom stereocenters. The molecular formula is C20H21NO5. The Morgan fingerprint density at radius 2 is 1.65 bits per heavy atom. The zero-order valence-corrected chi connectivity index (χ0v) is 14.7. The Morgan fingerprint density at radius 3 is 2.31 bits per heavy atom. The summed E-state index contributed by atoms with van der Waals surface area (Å²) >= 11 is 0. The molecule has 1 atom stereocenters. The Bertz CT molecular complexity index is 773. The van der Waals surface area contributed by atoms with Crippen LogP contribution >= 0.6 is 0 Å². The molecule has 0 aliphatic carbocycles. The highest BCUT2D eigenvalue weighted by atomic mass is 16.6. The van der Waals surface area contributed by atoms with Crippen LogP contribution < -0.4 is 5.48 Å². The molecule has 6 nitrogen and oxygen atoms in total. The van der Waals surface area contributed by atoms with Gasteiger partial charge < -0.3 is 4.74 Å². The first-order chi connectivity index (χ1) is 12.6. The molecule has 0 aliphatic rings. The lowest BCUT2D eigenvalue weighted by Gasteiger charge is -2.18. The van der Waals surface area contributed by atoms with Gasteiger partial charge in [0.25, 0.3) is 5.91 Å². The van der Waals surface area contributed by atoms with Crippen LogP contribution in [0.25, 0.3) is 0 Å². The first-order valence-electron chi connectivity index (χ1n) is 8.24. The molecule has 2 aromatic rings. The van der Waals surface area contributed by atoms with Gasteiger partial charge in [-0.05, 0) is 17.2 Å². The number of Topliss-reactive ketones (excluding diaryl/α,β-unsaturated/α-hetero) is 1. The molecule has 2 rings (SSSR count). The second-order valence-corrected chi connectivity index (χ2v) is 5.57. The minimum absolute atomic E-state index is 0.145. The van der Waals surface area contributed by atoms with Crippen LogP contribution in [0, 0.1) is 0 Å². The molecule has 6 heteroatoms. The van der Waals surface area contributed by atoms with Gasteiger partial charge in [0, 0.05) is 6.42 Å². The van der Waals surface area contributed by atoms with E-state index in [9.17, 15) is 14.4 Å². The summed E-state index contributed by atoms with van der Waals surface area (Å²) in [4.78, 5) is 42.2. The fourth-order valence-electron chi connectivity index (χ4n) is 2.53. The molecule has 0 fully saturated rings. The molecule has 2 aromatic carbocycles. The van der Waals surface area contributed by atoms with Gasteiger partial charge in [0.15, 0.2) is 0 Å². The molecule has 0 aromatic heterocycles. The average molecular weight is 355 g/mol. The number of carbonyl (C=O) groups is 3. The molecule has 1 N–H and O–H groups in total. The Kier molecular flexibility index (Phi) is 7.05. The SMILES string of the molecule is CCC(=O)C(C(=O)NOCc1ccccc1)c1ccccc1C(=O)OC. The van der Waals surface area contributed by atoms with E-state index in [1.54, 1.807) is 25.1 Å². The summed E-state index contributed by atoms with van der Waals surface area (Å²) < 4.78 is 4.75. The number of hydrogen-bond donors (Lipinski definition) is 1. The maximum atomic E-state index is 12.6. The van der Waals surface area contributed by atoms with Crippen molar-refractivity contribution in [3.05, 3.63) is 71.3 Å². The van der Waals surface area contributed by atoms with Gasteiger partial charge in [0.1, 0.15) is 11.7 Å². The van der Waals surface area contributed by atoms with Gasteiger partial charge in [-0.1, -0.05) is 55.5 Å². The zero-order chi connectivity index (χ0) is 18.9. The van der Waals surface area contributed by atoms with E-state index in [1.807, 2.05) is 30.3 Å². The maximum Gasteiger partial charge on any atom is 0.338 e. The van der Waals surface area contributed by atoms with Gasteiger partial charge in [0.2, 0.25) is 0 Å². The predicted octanol–water partition coefficient (Wildman–Crippen LogP) is 2.78. The van der Waals surface area contributed by atoms with Crippen molar-refractivity contribution in [2.75, 3.05) is 7.11 Å². The molecule has 136 valence electrons. The summed E-state index contributed by atoms with van der Waals surface area (Å²) in [6.45, 7) is 1.83. The van der Waals surface area contributed by atoms with Gasteiger partial charge in [-0.15, -0.1) is 0 Å². The van der Waals surface area contributed by atoms with Crippen molar-refractivity contribution in [3.63, 3.8) is 0 Å². The number of methoxy groups -OCH3 is 1. The van der Waals surface area contributed by atoms with E-state index >= 15 is 0 Å². The second kappa shape index (κ2) is 9.48. The number of amides is 1. The molecular weight excluding hydrogens is 334 g/mol. The van der Waals surface area contributed by atoms with Crippen LogP contribution in [0.4, 0.5) is 0 Å². The van der Waals surface area contributed by atoms with E-state index in [2.05, 4.69) is 5.48 Å². The van der Waals surface area contributed by atoms with Gasteiger partial charge in [-0.2, -0.15) is 0 Å². The third-order valence-electron chi connectivity index (χ3n) is 3.86. The van der Waals surface area contributed by atoms with Gasteiger partial charge in [0.05, 0.1) is 19.3 Å². The normalized spacial score (nSPS) is 11.5. The molecule has 0 bridgehead atoms. The van der Waals surface area contributed by atoms with Crippen LogP contribution in [0.15, 0.2) is 54.6 Å². The van der Waals surface area contributed by atoms with Crippen molar-refractivity contribution >= 4 is 17.7 Å². The highest BCUT2D eigenvalue weighted by Crippen LogP contribution is 2.23. The minimum atomic E-state index is -1.15.